The molecule has 0 unspecified atom stereocenters. The van der Waals surface area contributed by atoms with E-state index in [0.29, 0.717) is 29.4 Å². The molecular weight excluding hydrogens is 354 g/mol. The van der Waals surface area contributed by atoms with Gasteiger partial charge in [0.05, 0.1) is 21.3 Å². The van der Waals surface area contributed by atoms with Crippen molar-refractivity contribution in [1.29, 1.82) is 0 Å². The van der Waals surface area contributed by atoms with Crippen LogP contribution in [-0.2, 0) is 6.54 Å². The summed E-state index contributed by atoms with van der Waals surface area (Å²) in [6.45, 7) is 0.455. The van der Waals surface area contributed by atoms with Gasteiger partial charge >= 0.3 is 0 Å². The molecule has 1 amide bonds. The molecule has 0 fully saturated rings. The summed E-state index contributed by atoms with van der Waals surface area (Å²) in [4.78, 5) is 12.9. The number of carbonyl (C=O) groups is 1. The average molecular weight is 377 g/mol. The molecular formula is C23H23NO4. The third kappa shape index (κ3) is 4.09. The highest BCUT2D eigenvalue weighted by Crippen LogP contribution is 2.41. The summed E-state index contributed by atoms with van der Waals surface area (Å²) in [5.41, 5.74) is 3.11. The fraction of sp³-hybridized carbons (Fsp3) is 0.174. The van der Waals surface area contributed by atoms with Gasteiger partial charge < -0.3 is 19.5 Å². The van der Waals surface area contributed by atoms with E-state index in [1.165, 1.54) is 0 Å². The fourth-order valence-electron chi connectivity index (χ4n) is 3.03. The van der Waals surface area contributed by atoms with Crippen molar-refractivity contribution in [3.05, 3.63) is 77.9 Å². The number of hydrogen-bond donors (Lipinski definition) is 1. The van der Waals surface area contributed by atoms with Gasteiger partial charge in [-0.1, -0.05) is 48.5 Å². The molecule has 5 nitrogen and oxygen atoms in total. The van der Waals surface area contributed by atoms with E-state index < -0.39 is 0 Å². The van der Waals surface area contributed by atoms with Gasteiger partial charge in [0, 0.05) is 23.7 Å². The largest absolute Gasteiger partial charge is 0.496 e. The van der Waals surface area contributed by atoms with E-state index in [-0.39, 0.29) is 5.91 Å². The number of ether oxygens (including phenoxy) is 3. The van der Waals surface area contributed by atoms with Gasteiger partial charge in [-0.15, -0.1) is 0 Å². The van der Waals surface area contributed by atoms with Crippen LogP contribution in [0.3, 0.4) is 0 Å². The Morgan fingerprint density at radius 3 is 2.04 bits per heavy atom. The quantitative estimate of drug-likeness (QED) is 0.667. The van der Waals surface area contributed by atoms with Crippen molar-refractivity contribution in [1.82, 2.24) is 5.32 Å². The number of methoxy groups -OCH3 is 3. The lowest BCUT2D eigenvalue weighted by Crippen LogP contribution is -2.23. The Bertz CT molecular complexity index is 954. The first-order valence-corrected chi connectivity index (χ1v) is 8.89. The second kappa shape index (κ2) is 8.95. The van der Waals surface area contributed by atoms with Crippen molar-refractivity contribution in [2.75, 3.05) is 21.3 Å². The Labute approximate surface area is 164 Å². The normalized spacial score (nSPS) is 10.2. The number of nitrogens with one attached hydrogen (secondary N) is 1. The van der Waals surface area contributed by atoms with Crippen LogP contribution in [0.2, 0.25) is 0 Å². The van der Waals surface area contributed by atoms with E-state index in [2.05, 4.69) is 5.32 Å². The van der Waals surface area contributed by atoms with Gasteiger partial charge in [-0.25, -0.2) is 0 Å². The van der Waals surface area contributed by atoms with Crippen molar-refractivity contribution in [2.24, 2.45) is 0 Å². The number of hydrogen-bond acceptors (Lipinski definition) is 4. The smallest absolute Gasteiger partial charge is 0.252 e. The summed E-state index contributed by atoms with van der Waals surface area (Å²) in [6.07, 6.45) is 0. The molecule has 28 heavy (non-hydrogen) atoms. The highest BCUT2D eigenvalue weighted by atomic mass is 16.5. The summed E-state index contributed by atoms with van der Waals surface area (Å²) in [6, 6.07) is 20.8. The average Bonchev–Trinajstić information content (AvgIpc) is 2.77. The lowest BCUT2D eigenvalue weighted by atomic mass is 9.97. The maximum absolute atomic E-state index is 12.9. The molecule has 144 valence electrons. The van der Waals surface area contributed by atoms with Crippen LogP contribution in [-0.4, -0.2) is 27.2 Å². The second-order valence-corrected chi connectivity index (χ2v) is 6.12. The highest BCUT2D eigenvalue weighted by molar-refractivity contribution is 6.01. The van der Waals surface area contributed by atoms with Gasteiger partial charge in [0.25, 0.3) is 5.91 Å². The highest BCUT2D eigenvalue weighted by Gasteiger charge is 2.18. The van der Waals surface area contributed by atoms with E-state index in [1.54, 1.807) is 33.5 Å². The zero-order chi connectivity index (χ0) is 19.9. The molecule has 0 spiro atoms. The van der Waals surface area contributed by atoms with E-state index in [4.69, 9.17) is 14.2 Å². The predicted octanol–water partition coefficient (Wildman–Crippen LogP) is 4.31. The molecule has 0 radical (unpaired) electrons. The van der Waals surface area contributed by atoms with E-state index in [1.807, 2.05) is 54.6 Å². The molecule has 3 aromatic rings. The molecule has 0 bridgehead atoms. The van der Waals surface area contributed by atoms with Gasteiger partial charge in [0.1, 0.15) is 5.75 Å². The Kier molecular flexibility index (Phi) is 6.17. The molecule has 0 heterocycles. The summed E-state index contributed by atoms with van der Waals surface area (Å²) in [5.74, 6) is 1.57. The lowest BCUT2D eigenvalue weighted by Gasteiger charge is -2.16. The Hall–Kier alpha value is -3.47. The molecule has 0 aliphatic rings. The summed E-state index contributed by atoms with van der Waals surface area (Å²) in [7, 11) is 4.73. The van der Waals surface area contributed by atoms with E-state index >= 15 is 0 Å². The molecule has 0 saturated carbocycles. The lowest BCUT2D eigenvalue weighted by molar-refractivity contribution is 0.0951. The third-order valence-electron chi connectivity index (χ3n) is 4.46. The summed E-state index contributed by atoms with van der Waals surface area (Å²) < 4.78 is 16.3. The standard InChI is InChI=1S/C23H23NO4/c1-26-20-14-22(28-3)21(27-2)13-19(20)17-11-7-8-12-18(17)23(25)24-15-16-9-5-4-6-10-16/h4-14H,15H2,1-3H3,(H,24,25). The van der Waals surface area contributed by atoms with Gasteiger partial charge in [0.2, 0.25) is 0 Å². The first kappa shape index (κ1) is 19.3. The van der Waals surface area contributed by atoms with Gasteiger partial charge in [-0.2, -0.15) is 0 Å². The van der Waals surface area contributed by atoms with Crippen molar-refractivity contribution < 1.29 is 19.0 Å². The zero-order valence-corrected chi connectivity index (χ0v) is 16.2. The van der Waals surface area contributed by atoms with Gasteiger partial charge in [-0.05, 0) is 23.3 Å². The minimum absolute atomic E-state index is 0.156. The predicted molar refractivity (Wildman–Crippen MR) is 109 cm³/mol. The van der Waals surface area contributed by atoms with Crippen molar-refractivity contribution in [3.63, 3.8) is 0 Å². The summed E-state index contributed by atoms with van der Waals surface area (Å²) >= 11 is 0. The molecule has 5 heteroatoms. The first-order valence-electron chi connectivity index (χ1n) is 8.89. The van der Waals surface area contributed by atoms with E-state index in [9.17, 15) is 4.79 Å². The van der Waals surface area contributed by atoms with Crippen LogP contribution in [0.15, 0.2) is 66.7 Å². The molecule has 3 aromatic carbocycles. The Morgan fingerprint density at radius 2 is 1.36 bits per heavy atom. The van der Waals surface area contributed by atoms with E-state index in [0.717, 1.165) is 16.7 Å². The molecule has 0 aliphatic carbocycles. The second-order valence-electron chi connectivity index (χ2n) is 6.12. The molecule has 0 atom stereocenters. The van der Waals surface area contributed by atoms with Crippen LogP contribution in [0.5, 0.6) is 17.2 Å². The molecule has 3 rings (SSSR count). The van der Waals surface area contributed by atoms with Crippen LogP contribution in [0.25, 0.3) is 11.1 Å². The fourth-order valence-corrected chi connectivity index (χ4v) is 3.03. The topological polar surface area (TPSA) is 56.8 Å². The monoisotopic (exact) mass is 377 g/mol. The number of rotatable bonds is 7. The first-order chi connectivity index (χ1) is 13.7. The van der Waals surface area contributed by atoms with Gasteiger partial charge in [-0.3, -0.25) is 4.79 Å². The SMILES string of the molecule is COc1cc(OC)c(-c2ccccc2C(=O)NCc2ccccc2)cc1OC. The zero-order valence-electron chi connectivity index (χ0n) is 16.2. The number of carbonyl (C=O) groups excluding carboxylic acids is 1. The van der Waals surface area contributed by atoms with Crippen LogP contribution in [0.1, 0.15) is 15.9 Å². The molecule has 0 aliphatic heterocycles. The van der Waals surface area contributed by atoms with Crippen molar-refractivity contribution >= 4 is 5.91 Å². The van der Waals surface area contributed by atoms with Crippen LogP contribution in [0, 0.1) is 0 Å². The number of amides is 1. The minimum Gasteiger partial charge on any atom is -0.496 e. The van der Waals surface area contributed by atoms with Gasteiger partial charge in [0.15, 0.2) is 11.5 Å². The van der Waals surface area contributed by atoms with Crippen LogP contribution >= 0.6 is 0 Å². The molecule has 0 aromatic heterocycles. The van der Waals surface area contributed by atoms with Crippen LogP contribution in [0.4, 0.5) is 0 Å². The molecule has 1 N–H and O–H groups in total. The number of benzene rings is 3. The van der Waals surface area contributed by atoms with Crippen molar-refractivity contribution in [3.8, 4) is 28.4 Å². The minimum atomic E-state index is -0.156. The Balaban J connectivity index is 1.97. The molecule has 0 saturated heterocycles. The summed E-state index contributed by atoms with van der Waals surface area (Å²) in [5, 5.41) is 2.98. The Morgan fingerprint density at radius 1 is 0.750 bits per heavy atom. The van der Waals surface area contributed by atoms with Crippen LogP contribution < -0.4 is 19.5 Å². The maximum atomic E-state index is 12.9. The third-order valence-corrected chi connectivity index (χ3v) is 4.46. The maximum Gasteiger partial charge on any atom is 0.252 e. The van der Waals surface area contributed by atoms with Crippen molar-refractivity contribution in [2.45, 2.75) is 6.54 Å².